The maximum absolute atomic E-state index is 13.0. The van der Waals surface area contributed by atoms with Crippen molar-refractivity contribution in [1.29, 1.82) is 5.41 Å². The summed E-state index contributed by atoms with van der Waals surface area (Å²) in [5.74, 6) is 1.90. The van der Waals surface area contributed by atoms with Crippen molar-refractivity contribution in [2.45, 2.75) is 18.3 Å². The largest absolute Gasteiger partial charge is 0.492 e. The molecule has 0 bridgehead atoms. The minimum absolute atomic E-state index is 0.0551. The average molecular weight is 401 g/mol. The molecule has 0 aliphatic carbocycles. The number of furan rings is 1. The molecule has 6 nitrogen and oxygen atoms in total. The lowest BCUT2D eigenvalue weighted by atomic mass is 9.74. The van der Waals surface area contributed by atoms with Crippen LogP contribution < -0.4 is 10.5 Å². The van der Waals surface area contributed by atoms with Crippen LogP contribution >= 0.6 is 0 Å². The lowest BCUT2D eigenvalue weighted by Crippen LogP contribution is -2.46. The summed E-state index contributed by atoms with van der Waals surface area (Å²) in [5, 5.41) is 7.72. The van der Waals surface area contributed by atoms with Gasteiger partial charge < -0.3 is 19.8 Å². The Bertz CT molecular complexity index is 1110. The molecule has 3 heterocycles. The highest BCUT2D eigenvalue weighted by molar-refractivity contribution is 5.95. The van der Waals surface area contributed by atoms with E-state index in [-0.39, 0.29) is 17.2 Å². The third-order valence-electron chi connectivity index (χ3n) is 6.25. The summed E-state index contributed by atoms with van der Waals surface area (Å²) in [6.45, 7) is 1.87. The van der Waals surface area contributed by atoms with E-state index in [4.69, 9.17) is 20.3 Å². The van der Waals surface area contributed by atoms with Crippen molar-refractivity contribution in [3.05, 3.63) is 77.6 Å². The third kappa shape index (κ3) is 3.05. The van der Waals surface area contributed by atoms with Gasteiger partial charge in [0.25, 0.3) is 5.91 Å². The van der Waals surface area contributed by atoms with E-state index in [2.05, 4.69) is 0 Å². The number of benzene rings is 2. The number of carbonyl (C=O) groups excluding carboxylic acids is 1. The Hall–Kier alpha value is -3.54. The van der Waals surface area contributed by atoms with Gasteiger partial charge in [-0.1, -0.05) is 30.3 Å². The summed E-state index contributed by atoms with van der Waals surface area (Å²) in [4.78, 5) is 14.8. The minimum atomic E-state index is -0.129. The van der Waals surface area contributed by atoms with Crippen LogP contribution in [0.5, 0.6) is 5.75 Å². The Morgan fingerprint density at radius 1 is 1.03 bits per heavy atom. The molecule has 30 heavy (non-hydrogen) atoms. The summed E-state index contributed by atoms with van der Waals surface area (Å²) in [6, 6.07) is 19.1. The Labute approximate surface area is 174 Å². The summed E-state index contributed by atoms with van der Waals surface area (Å²) < 4.78 is 11.8. The lowest BCUT2D eigenvalue weighted by Gasteiger charge is -2.38. The number of ether oxygens (including phenoxy) is 1. The van der Waals surface area contributed by atoms with E-state index in [0.29, 0.717) is 36.8 Å². The summed E-state index contributed by atoms with van der Waals surface area (Å²) in [7, 11) is 0. The maximum atomic E-state index is 13.0. The summed E-state index contributed by atoms with van der Waals surface area (Å²) in [6.07, 6.45) is 1.61. The number of piperidine rings is 1. The first-order valence-electron chi connectivity index (χ1n) is 10.1. The van der Waals surface area contributed by atoms with Crippen molar-refractivity contribution in [2.75, 3.05) is 19.7 Å². The molecule has 0 unspecified atom stereocenters. The molecule has 6 heteroatoms. The molecule has 0 atom stereocenters. The smallest absolute Gasteiger partial charge is 0.289 e. The fraction of sp³-hybridized carbons (Fsp3) is 0.250. The number of hydrogen-bond donors (Lipinski definition) is 2. The van der Waals surface area contributed by atoms with Crippen molar-refractivity contribution in [2.24, 2.45) is 5.73 Å². The number of nitrogens with zero attached hydrogens (tertiary/aromatic N) is 1. The second kappa shape index (κ2) is 7.06. The zero-order valence-corrected chi connectivity index (χ0v) is 16.6. The summed E-state index contributed by atoms with van der Waals surface area (Å²) in [5.41, 5.74) is 8.31. The van der Waals surface area contributed by atoms with Crippen LogP contribution in [0.2, 0.25) is 0 Å². The van der Waals surface area contributed by atoms with E-state index in [1.807, 2.05) is 59.5 Å². The monoisotopic (exact) mass is 401 g/mol. The molecule has 0 saturated carbocycles. The van der Waals surface area contributed by atoms with Crippen molar-refractivity contribution in [3.8, 4) is 17.1 Å². The first-order chi connectivity index (χ1) is 14.6. The molecule has 3 aromatic rings. The Kier molecular flexibility index (Phi) is 4.35. The van der Waals surface area contributed by atoms with Gasteiger partial charge in [0.2, 0.25) is 0 Å². The van der Waals surface area contributed by atoms with Crippen LogP contribution in [-0.2, 0) is 5.41 Å². The van der Waals surface area contributed by atoms with Crippen molar-refractivity contribution < 1.29 is 13.9 Å². The SMILES string of the molecule is N=C(N)c1ccc2c(c1)C1(CCN(C(=O)c3ccc(-c4ccccc4)o3)CC1)CO2. The molecule has 3 N–H and O–H groups in total. The van der Waals surface area contributed by atoms with Gasteiger partial charge in [-0.15, -0.1) is 0 Å². The number of nitrogen functional groups attached to an aromatic ring is 1. The number of hydrogen-bond acceptors (Lipinski definition) is 4. The van der Waals surface area contributed by atoms with E-state index >= 15 is 0 Å². The van der Waals surface area contributed by atoms with E-state index in [1.54, 1.807) is 6.07 Å². The predicted octanol–water partition coefficient (Wildman–Crippen LogP) is 3.80. The predicted molar refractivity (Wildman–Crippen MR) is 114 cm³/mol. The second-order valence-corrected chi connectivity index (χ2v) is 8.02. The number of amides is 1. The van der Waals surface area contributed by atoms with Crippen molar-refractivity contribution in [1.82, 2.24) is 4.90 Å². The number of carbonyl (C=O) groups is 1. The number of rotatable bonds is 3. The Balaban J connectivity index is 1.32. The van der Waals surface area contributed by atoms with Crippen LogP contribution in [0, 0.1) is 5.41 Å². The van der Waals surface area contributed by atoms with E-state index in [1.165, 1.54) is 0 Å². The van der Waals surface area contributed by atoms with Crippen molar-refractivity contribution >= 4 is 11.7 Å². The Morgan fingerprint density at radius 2 is 1.80 bits per heavy atom. The van der Waals surface area contributed by atoms with Crippen LogP contribution in [0.4, 0.5) is 0 Å². The number of likely N-dealkylation sites (tertiary alicyclic amines) is 1. The average Bonchev–Trinajstić information content (AvgIpc) is 3.40. The quantitative estimate of drug-likeness (QED) is 0.516. The molecule has 1 spiro atoms. The first-order valence-corrected chi connectivity index (χ1v) is 10.1. The molecule has 1 saturated heterocycles. The maximum Gasteiger partial charge on any atom is 0.289 e. The highest BCUT2D eigenvalue weighted by Gasteiger charge is 2.44. The van der Waals surface area contributed by atoms with Gasteiger partial charge in [0, 0.05) is 35.2 Å². The summed E-state index contributed by atoms with van der Waals surface area (Å²) >= 11 is 0. The third-order valence-corrected chi connectivity index (χ3v) is 6.25. The normalized spacial score (nSPS) is 16.9. The van der Waals surface area contributed by atoms with Crippen LogP contribution in [-0.4, -0.2) is 36.3 Å². The van der Waals surface area contributed by atoms with Gasteiger partial charge in [-0.2, -0.15) is 0 Å². The van der Waals surface area contributed by atoms with Crippen LogP contribution in [0.3, 0.4) is 0 Å². The van der Waals surface area contributed by atoms with Crippen LogP contribution in [0.25, 0.3) is 11.3 Å². The van der Waals surface area contributed by atoms with Crippen molar-refractivity contribution in [3.63, 3.8) is 0 Å². The van der Waals surface area contributed by atoms with Crippen LogP contribution in [0.15, 0.2) is 65.1 Å². The highest BCUT2D eigenvalue weighted by Crippen LogP contribution is 2.46. The van der Waals surface area contributed by atoms with Gasteiger partial charge in [0.1, 0.15) is 17.3 Å². The first kappa shape index (κ1) is 18.5. The van der Waals surface area contributed by atoms with Gasteiger partial charge in [-0.05, 0) is 43.2 Å². The van der Waals surface area contributed by atoms with Gasteiger partial charge in [0.15, 0.2) is 5.76 Å². The van der Waals surface area contributed by atoms with Gasteiger partial charge >= 0.3 is 0 Å². The zero-order valence-electron chi connectivity index (χ0n) is 16.6. The lowest BCUT2D eigenvalue weighted by molar-refractivity contribution is 0.0616. The fourth-order valence-corrected chi connectivity index (χ4v) is 4.45. The minimum Gasteiger partial charge on any atom is -0.492 e. The van der Waals surface area contributed by atoms with E-state index < -0.39 is 0 Å². The topological polar surface area (TPSA) is 92.6 Å². The molecule has 0 radical (unpaired) electrons. The number of fused-ring (bicyclic) bond motifs is 2. The van der Waals surface area contributed by atoms with Gasteiger partial charge in [-0.3, -0.25) is 10.2 Å². The van der Waals surface area contributed by atoms with Crippen LogP contribution in [0.1, 0.15) is 34.5 Å². The highest BCUT2D eigenvalue weighted by atomic mass is 16.5. The molecular formula is C24H23N3O3. The van der Waals surface area contributed by atoms with E-state index in [9.17, 15) is 4.79 Å². The molecule has 1 amide bonds. The number of nitrogens with two attached hydrogens (primary N) is 1. The zero-order chi connectivity index (χ0) is 20.7. The Morgan fingerprint density at radius 3 is 2.53 bits per heavy atom. The standard InChI is InChI=1S/C24H23N3O3/c25-22(26)17-6-7-20-18(14-17)24(15-29-20)10-12-27(13-11-24)23(28)21-9-8-19(30-21)16-4-2-1-3-5-16/h1-9,14H,10-13,15H2,(H3,25,26). The molecule has 2 aromatic carbocycles. The second-order valence-electron chi connectivity index (χ2n) is 8.02. The molecule has 1 aromatic heterocycles. The molecule has 5 rings (SSSR count). The number of amidine groups is 1. The molecule has 1 fully saturated rings. The number of nitrogens with one attached hydrogen (secondary N) is 1. The molecule has 2 aliphatic rings. The molecule has 152 valence electrons. The fourth-order valence-electron chi connectivity index (χ4n) is 4.45. The molecule has 2 aliphatic heterocycles. The van der Waals surface area contributed by atoms with Gasteiger partial charge in [-0.25, -0.2) is 0 Å². The molecular weight excluding hydrogens is 378 g/mol. The van der Waals surface area contributed by atoms with E-state index in [0.717, 1.165) is 29.7 Å². The van der Waals surface area contributed by atoms with Gasteiger partial charge in [0.05, 0.1) is 6.61 Å².